The molecule has 0 unspecified atom stereocenters. The van der Waals surface area contributed by atoms with Gasteiger partial charge in [-0.1, -0.05) is 0 Å². The summed E-state index contributed by atoms with van der Waals surface area (Å²) in [6.07, 6.45) is 6.91. The van der Waals surface area contributed by atoms with Crippen LogP contribution in [0.4, 0.5) is 15.8 Å². The van der Waals surface area contributed by atoms with Crippen molar-refractivity contribution >= 4 is 39.8 Å². The number of aromatic nitrogens is 3. The first-order valence-corrected chi connectivity index (χ1v) is 10.7. The highest BCUT2D eigenvalue weighted by molar-refractivity contribution is 6.35. The molecule has 1 amide bonds. The van der Waals surface area contributed by atoms with Crippen molar-refractivity contribution in [3.8, 4) is 17.0 Å². The monoisotopic (exact) mass is 441 g/mol. The molecule has 1 aromatic carbocycles. The molecular formula is C25H20FN5O2. The third-order valence-corrected chi connectivity index (χ3v) is 6.27. The van der Waals surface area contributed by atoms with Gasteiger partial charge in [0.25, 0.3) is 5.91 Å². The molecular weight excluding hydrogens is 421 g/mol. The fourth-order valence-electron chi connectivity index (χ4n) is 4.64. The van der Waals surface area contributed by atoms with Crippen molar-refractivity contribution in [2.45, 2.75) is 13.8 Å². The zero-order chi connectivity index (χ0) is 22.7. The van der Waals surface area contributed by atoms with E-state index in [0.29, 0.717) is 35.7 Å². The first-order chi connectivity index (χ1) is 16.0. The number of fused-ring (bicyclic) bond motifs is 3. The quantitative estimate of drug-likeness (QED) is 0.393. The Morgan fingerprint density at radius 2 is 2.00 bits per heavy atom. The number of hydrogen-bond donors (Lipinski definition) is 3. The van der Waals surface area contributed by atoms with Crippen LogP contribution in [0.15, 0.2) is 36.8 Å². The summed E-state index contributed by atoms with van der Waals surface area (Å²) in [4.78, 5) is 24.7. The summed E-state index contributed by atoms with van der Waals surface area (Å²) >= 11 is 0. The molecule has 33 heavy (non-hydrogen) atoms. The zero-order valence-electron chi connectivity index (χ0n) is 18.0. The molecule has 0 radical (unpaired) electrons. The molecule has 7 nitrogen and oxygen atoms in total. The van der Waals surface area contributed by atoms with Gasteiger partial charge in [0, 0.05) is 52.9 Å². The summed E-state index contributed by atoms with van der Waals surface area (Å²) < 4.78 is 20.8. The first-order valence-electron chi connectivity index (χ1n) is 10.7. The Kier molecular flexibility index (Phi) is 4.23. The summed E-state index contributed by atoms with van der Waals surface area (Å²) in [6.45, 7) is 5.10. The standard InChI is InChI=1S/C25H20FN5O2/c1-12-16(18-11-29-25-22(13(18)2)28-5-6-33-25)9-19(26)23-21(12)17(24(32)31-23)8-15-7-14-10-27-4-3-20(14)30-15/h3-4,7-11,28,30H,5-6H2,1-2H3,(H,31,32). The van der Waals surface area contributed by atoms with Crippen LogP contribution >= 0.6 is 0 Å². The number of hydrogen-bond acceptors (Lipinski definition) is 5. The molecule has 3 N–H and O–H groups in total. The van der Waals surface area contributed by atoms with Gasteiger partial charge in [0.2, 0.25) is 5.88 Å². The van der Waals surface area contributed by atoms with E-state index in [0.717, 1.165) is 39.0 Å². The van der Waals surface area contributed by atoms with Gasteiger partial charge in [-0.05, 0) is 54.8 Å². The molecule has 0 bridgehead atoms. The Morgan fingerprint density at radius 1 is 1.12 bits per heavy atom. The van der Waals surface area contributed by atoms with E-state index in [1.165, 1.54) is 6.07 Å². The van der Waals surface area contributed by atoms with Gasteiger partial charge in [-0.3, -0.25) is 9.78 Å². The van der Waals surface area contributed by atoms with E-state index in [4.69, 9.17) is 4.74 Å². The highest BCUT2D eigenvalue weighted by Crippen LogP contribution is 2.44. The second-order valence-electron chi connectivity index (χ2n) is 8.23. The number of H-pyrrole nitrogens is 1. The van der Waals surface area contributed by atoms with Gasteiger partial charge in [-0.2, -0.15) is 0 Å². The highest BCUT2D eigenvalue weighted by Gasteiger charge is 2.31. The van der Waals surface area contributed by atoms with E-state index >= 15 is 4.39 Å². The van der Waals surface area contributed by atoms with E-state index in [1.807, 2.05) is 26.0 Å². The van der Waals surface area contributed by atoms with Crippen LogP contribution in [0.1, 0.15) is 22.4 Å². The first kappa shape index (κ1) is 19.5. The van der Waals surface area contributed by atoms with Crippen LogP contribution in [0.2, 0.25) is 0 Å². The van der Waals surface area contributed by atoms with E-state index in [9.17, 15) is 4.79 Å². The minimum Gasteiger partial charge on any atom is -0.474 e. The Morgan fingerprint density at radius 3 is 2.85 bits per heavy atom. The third-order valence-electron chi connectivity index (χ3n) is 6.27. The predicted molar refractivity (Wildman–Crippen MR) is 126 cm³/mol. The van der Waals surface area contributed by atoms with Crippen LogP contribution < -0.4 is 15.4 Å². The maximum Gasteiger partial charge on any atom is 0.256 e. The molecule has 5 heterocycles. The molecule has 0 saturated heterocycles. The fraction of sp³-hybridized carbons (Fsp3) is 0.160. The molecule has 6 rings (SSSR count). The van der Waals surface area contributed by atoms with Crippen molar-refractivity contribution in [2.75, 3.05) is 23.8 Å². The molecule has 2 aliphatic heterocycles. The lowest BCUT2D eigenvalue weighted by atomic mass is 9.90. The summed E-state index contributed by atoms with van der Waals surface area (Å²) in [6, 6.07) is 5.25. The Balaban J connectivity index is 1.53. The molecule has 0 fully saturated rings. The normalized spacial score (nSPS) is 15.7. The van der Waals surface area contributed by atoms with Crippen molar-refractivity contribution in [3.05, 3.63) is 65.0 Å². The van der Waals surface area contributed by atoms with Crippen LogP contribution in [0.5, 0.6) is 5.88 Å². The summed E-state index contributed by atoms with van der Waals surface area (Å²) in [5, 5.41) is 6.95. The number of aromatic amines is 1. The molecule has 3 aromatic heterocycles. The number of carbonyl (C=O) groups excluding carboxylic acids is 1. The number of pyridine rings is 2. The molecule has 2 aliphatic rings. The van der Waals surface area contributed by atoms with Gasteiger partial charge in [-0.15, -0.1) is 0 Å². The molecule has 0 aliphatic carbocycles. The topological polar surface area (TPSA) is 91.9 Å². The second-order valence-corrected chi connectivity index (χ2v) is 8.23. The number of rotatable bonds is 2. The number of carbonyl (C=O) groups is 1. The molecule has 8 heteroatoms. The van der Waals surface area contributed by atoms with Crippen LogP contribution in [0, 0.1) is 19.7 Å². The Bertz CT molecular complexity index is 1470. The van der Waals surface area contributed by atoms with E-state index in [2.05, 4.69) is 25.6 Å². The molecule has 0 spiro atoms. The van der Waals surface area contributed by atoms with E-state index < -0.39 is 5.82 Å². The predicted octanol–water partition coefficient (Wildman–Crippen LogP) is 4.68. The van der Waals surface area contributed by atoms with Gasteiger partial charge in [-0.25, -0.2) is 9.37 Å². The molecule has 0 saturated carbocycles. The number of ether oxygens (including phenoxy) is 1. The van der Waals surface area contributed by atoms with Crippen LogP contribution in [-0.4, -0.2) is 34.0 Å². The van der Waals surface area contributed by atoms with Crippen molar-refractivity contribution in [1.29, 1.82) is 0 Å². The number of halogens is 1. The number of nitrogens with zero attached hydrogens (tertiary/aromatic N) is 2. The lowest BCUT2D eigenvalue weighted by molar-refractivity contribution is -0.110. The maximum absolute atomic E-state index is 15.2. The van der Waals surface area contributed by atoms with Crippen LogP contribution in [0.3, 0.4) is 0 Å². The van der Waals surface area contributed by atoms with Crippen LogP contribution in [-0.2, 0) is 4.79 Å². The largest absolute Gasteiger partial charge is 0.474 e. The summed E-state index contributed by atoms with van der Waals surface area (Å²) in [7, 11) is 0. The van der Waals surface area contributed by atoms with Gasteiger partial charge in [0.05, 0.1) is 11.3 Å². The van der Waals surface area contributed by atoms with Crippen molar-refractivity contribution < 1.29 is 13.9 Å². The Labute approximate surface area is 188 Å². The minimum atomic E-state index is -0.482. The highest BCUT2D eigenvalue weighted by atomic mass is 19.1. The smallest absolute Gasteiger partial charge is 0.256 e. The van der Waals surface area contributed by atoms with Gasteiger partial charge < -0.3 is 20.4 Å². The number of benzene rings is 1. The minimum absolute atomic E-state index is 0.204. The lowest BCUT2D eigenvalue weighted by Crippen LogP contribution is -2.20. The van der Waals surface area contributed by atoms with Crippen LogP contribution in [0.25, 0.3) is 33.7 Å². The lowest BCUT2D eigenvalue weighted by Gasteiger charge is -2.22. The van der Waals surface area contributed by atoms with Crippen molar-refractivity contribution in [2.24, 2.45) is 0 Å². The van der Waals surface area contributed by atoms with E-state index in [1.54, 1.807) is 24.7 Å². The zero-order valence-corrected chi connectivity index (χ0v) is 18.0. The number of amides is 1. The molecule has 0 atom stereocenters. The molecule has 4 aromatic rings. The summed E-state index contributed by atoms with van der Waals surface area (Å²) in [5.41, 5.74) is 6.86. The van der Waals surface area contributed by atoms with Gasteiger partial charge in [0.15, 0.2) is 0 Å². The second kappa shape index (κ2) is 7.16. The fourth-order valence-corrected chi connectivity index (χ4v) is 4.64. The summed E-state index contributed by atoms with van der Waals surface area (Å²) in [5.74, 6) is -0.270. The number of anilines is 2. The Hall–Kier alpha value is -4.20. The maximum atomic E-state index is 15.2. The number of nitrogens with one attached hydrogen (secondary N) is 3. The van der Waals surface area contributed by atoms with Crippen molar-refractivity contribution in [3.63, 3.8) is 0 Å². The average Bonchev–Trinajstić information content (AvgIpc) is 3.38. The third kappa shape index (κ3) is 2.98. The SMILES string of the molecule is Cc1c(-c2cc(F)c3c(c2C)C(=Cc2cc4cnccc4[nH]2)C(=O)N3)cnc2c1NCCO2. The van der Waals surface area contributed by atoms with Gasteiger partial charge in [0.1, 0.15) is 18.1 Å². The van der Waals surface area contributed by atoms with Crippen molar-refractivity contribution in [1.82, 2.24) is 15.0 Å². The van der Waals surface area contributed by atoms with Gasteiger partial charge >= 0.3 is 0 Å². The molecule has 164 valence electrons. The van der Waals surface area contributed by atoms with E-state index in [-0.39, 0.29) is 11.6 Å². The average molecular weight is 441 g/mol.